The number of aliphatic hydroxyl groups is 2. The Labute approximate surface area is 460 Å². The summed E-state index contributed by atoms with van der Waals surface area (Å²) in [5, 5.41) is 21.7. The molecule has 412 valence electrons. The van der Waals surface area contributed by atoms with E-state index < -0.39 is 23.0 Å². The quantitative estimate of drug-likeness (QED) is 0.0744. The molecule has 0 aliphatic carbocycles. The van der Waals surface area contributed by atoms with Gasteiger partial charge in [-0.05, 0) is 159 Å². The molecule has 77 heavy (non-hydrogen) atoms. The van der Waals surface area contributed by atoms with Crippen LogP contribution in [0.1, 0.15) is 168 Å². The number of esters is 1. The lowest BCUT2D eigenvalue weighted by Crippen LogP contribution is -2.41. The van der Waals surface area contributed by atoms with Crippen molar-refractivity contribution in [2.75, 3.05) is 33.5 Å². The van der Waals surface area contributed by atoms with E-state index in [-0.39, 0.29) is 35.6 Å². The molecule has 0 unspecified atom stereocenters. The summed E-state index contributed by atoms with van der Waals surface area (Å²) in [5.74, 6) is -0.866. The molecule has 5 aromatic carbocycles. The standard InChI is InChI=1S/C35H41FO4.C32H45BO4/c1-6-35(7-2,29-11-10-26(24(3)20-29)14-15-34(38)16-18-40-19-17-34)30-12-13-31(25(4)21-30)27-8-9-28(32(36)22-27)23-33(37)39-5;1-9-32(10-2,26-12-11-25(23(3)21-26)15-16-31(34)17-19-35-20-18-31)27-13-14-28(24(4)22-27)33-36-29(5,6)30(7,8)37-33/h8-15,20-22,38H,6-7,16-19,23H2,1-5H3;11-16,21-22,34H,9-10,17-20H2,1-8H3/b15-14+;16-15+. The largest absolute Gasteiger partial charge is 0.495 e. The van der Waals surface area contributed by atoms with Crippen molar-refractivity contribution in [3.05, 3.63) is 170 Å². The van der Waals surface area contributed by atoms with Gasteiger partial charge in [0, 0.05) is 62.9 Å². The smallest absolute Gasteiger partial charge is 0.469 e. The zero-order valence-corrected chi connectivity index (χ0v) is 48.5. The van der Waals surface area contributed by atoms with Crippen molar-refractivity contribution < 1.29 is 42.9 Å². The van der Waals surface area contributed by atoms with Crippen LogP contribution in [0.15, 0.2) is 103 Å². The molecule has 2 N–H and O–H groups in total. The first-order chi connectivity index (χ1) is 36.5. The molecule has 3 aliphatic heterocycles. The van der Waals surface area contributed by atoms with Crippen LogP contribution in [0.4, 0.5) is 4.39 Å². The number of carbonyl (C=O) groups excluding carboxylic acids is 1. The summed E-state index contributed by atoms with van der Waals surface area (Å²) >= 11 is 0. The minimum Gasteiger partial charge on any atom is -0.469 e. The molecule has 0 aromatic heterocycles. The second-order valence-corrected chi connectivity index (χ2v) is 23.1. The Kier molecular flexibility index (Phi) is 18.9. The zero-order valence-electron chi connectivity index (χ0n) is 48.5. The molecule has 8 rings (SSSR count). The van der Waals surface area contributed by atoms with E-state index >= 15 is 0 Å². The highest BCUT2D eigenvalue weighted by molar-refractivity contribution is 6.62. The minimum atomic E-state index is -0.802. The van der Waals surface area contributed by atoms with Gasteiger partial charge in [-0.25, -0.2) is 4.39 Å². The van der Waals surface area contributed by atoms with Crippen LogP contribution in [-0.4, -0.2) is 79.2 Å². The molecule has 3 saturated heterocycles. The predicted octanol–water partition coefficient (Wildman–Crippen LogP) is 13.7. The van der Waals surface area contributed by atoms with E-state index in [2.05, 4.69) is 167 Å². The van der Waals surface area contributed by atoms with E-state index in [0.29, 0.717) is 57.7 Å². The molecule has 3 aliphatic rings. The highest BCUT2D eigenvalue weighted by Gasteiger charge is 2.52. The van der Waals surface area contributed by atoms with Crippen molar-refractivity contribution in [3.8, 4) is 11.1 Å². The van der Waals surface area contributed by atoms with Gasteiger partial charge in [-0.3, -0.25) is 4.79 Å². The Bertz CT molecular complexity index is 2900. The molecular formula is C67H86BFO8. The number of halogens is 1. The lowest BCUT2D eigenvalue weighted by atomic mass is 9.68. The van der Waals surface area contributed by atoms with Crippen LogP contribution in [0, 0.1) is 33.5 Å². The number of methoxy groups -OCH3 is 1. The monoisotopic (exact) mass is 1050 g/mol. The van der Waals surface area contributed by atoms with Gasteiger partial charge in [0.15, 0.2) is 0 Å². The fourth-order valence-corrected chi connectivity index (χ4v) is 11.6. The zero-order chi connectivity index (χ0) is 56.0. The summed E-state index contributed by atoms with van der Waals surface area (Å²) in [6, 6.07) is 31.8. The normalized spacial score (nSPS) is 18.1. The summed E-state index contributed by atoms with van der Waals surface area (Å²) in [5.41, 5.74) is 12.8. The van der Waals surface area contributed by atoms with E-state index in [1.165, 1.54) is 52.1 Å². The molecular weight excluding hydrogens is 963 g/mol. The molecule has 0 radical (unpaired) electrons. The fraction of sp³-hybridized carbons (Fsp3) is 0.478. The lowest BCUT2D eigenvalue weighted by Gasteiger charge is -2.34. The summed E-state index contributed by atoms with van der Waals surface area (Å²) in [6.45, 7) is 28.3. The maximum absolute atomic E-state index is 14.8. The summed E-state index contributed by atoms with van der Waals surface area (Å²) < 4.78 is 43.0. The number of rotatable bonds is 16. The lowest BCUT2D eigenvalue weighted by molar-refractivity contribution is -0.139. The maximum Gasteiger partial charge on any atom is 0.495 e. The third-order valence-corrected chi connectivity index (χ3v) is 18.0. The predicted molar refractivity (Wildman–Crippen MR) is 312 cm³/mol. The molecule has 3 fully saturated rings. The Hall–Kier alpha value is -5.20. The molecule has 0 atom stereocenters. The highest BCUT2D eigenvalue weighted by Crippen LogP contribution is 2.43. The molecule has 5 aromatic rings. The molecule has 0 saturated carbocycles. The van der Waals surface area contributed by atoms with Gasteiger partial charge >= 0.3 is 13.1 Å². The molecule has 10 heteroatoms. The number of benzene rings is 5. The van der Waals surface area contributed by atoms with Crippen molar-refractivity contribution >= 4 is 30.7 Å². The number of aryl methyl sites for hydroxylation is 4. The molecule has 3 heterocycles. The van der Waals surface area contributed by atoms with Crippen molar-refractivity contribution in [3.63, 3.8) is 0 Å². The van der Waals surface area contributed by atoms with Crippen LogP contribution in [-0.2, 0) is 45.6 Å². The van der Waals surface area contributed by atoms with E-state index in [1.807, 2.05) is 24.3 Å². The number of carbonyl (C=O) groups is 1. The molecule has 0 amide bonds. The van der Waals surface area contributed by atoms with Crippen molar-refractivity contribution in [2.45, 2.75) is 174 Å². The fourth-order valence-electron chi connectivity index (χ4n) is 11.6. The third kappa shape index (κ3) is 13.0. The van der Waals surface area contributed by atoms with Crippen LogP contribution in [0.5, 0.6) is 0 Å². The summed E-state index contributed by atoms with van der Waals surface area (Å²) in [7, 11) is 0.953. The number of hydrogen-bond donors (Lipinski definition) is 2. The van der Waals surface area contributed by atoms with Crippen LogP contribution < -0.4 is 5.46 Å². The molecule has 0 bridgehead atoms. The van der Waals surface area contributed by atoms with Crippen molar-refractivity contribution in [1.29, 1.82) is 0 Å². The Morgan fingerprint density at radius 3 is 1.40 bits per heavy atom. The van der Waals surface area contributed by atoms with Gasteiger partial charge in [0.1, 0.15) is 5.82 Å². The van der Waals surface area contributed by atoms with Crippen molar-refractivity contribution in [1.82, 2.24) is 0 Å². The molecule has 8 nitrogen and oxygen atoms in total. The SMILES string of the molecule is CCC(CC)(c1ccc(/C=C/C2(O)CCOCC2)c(C)c1)c1ccc(-c2ccc(CC(=O)OC)c(F)c2)c(C)c1.CCC(CC)(c1ccc(/C=C/C2(O)CCOCC2)c(C)c1)c1ccc(B2OC(C)(C)C(C)(C)O2)c(C)c1. The minimum absolute atomic E-state index is 0.0782. The number of hydrogen-bond acceptors (Lipinski definition) is 8. The van der Waals surface area contributed by atoms with E-state index in [1.54, 1.807) is 6.07 Å². The van der Waals surface area contributed by atoms with E-state index in [0.717, 1.165) is 59.0 Å². The molecule has 0 spiro atoms. The summed E-state index contributed by atoms with van der Waals surface area (Å²) in [6.07, 6.45) is 14.4. The number of ether oxygens (including phenoxy) is 3. The second-order valence-electron chi connectivity index (χ2n) is 23.1. The van der Waals surface area contributed by atoms with Crippen LogP contribution in [0.25, 0.3) is 23.3 Å². The second kappa shape index (κ2) is 24.4. The first kappa shape index (κ1) is 59.5. The van der Waals surface area contributed by atoms with Gasteiger partial charge < -0.3 is 33.7 Å². The van der Waals surface area contributed by atoms with Gasteiger partial charge in [-0.1, -0.05) is 142 Å². The van der Waals surface area contributed by atoms with Gasteiger partial charge in [0.05, 0.1) is 35.9 Å². The first-order valence-electron chi connectivity index (χ1n) is 28.2. The third-order valence-electron chi connectivity index (χ3n) is 18.0. The Morgan fingerprint density at radius 1 is 0.597 bits per heavy atom. The van der Waals surface area contributed by atoms with Crippen molar-refractivity contribution in [2.24, 2.45) is 0 Å². The van der Waals surface area contributed by atoms with Crippen LogP contribution in [0.3, 0.4) is 0 Å². The summed E-state index contributed by atoms with van der Waals surface area (Å²) in [4.78, 5) is 11.6. The Morgan fingerprint density at radius 2 is 1.01 bits per heavy atom. The van der Waals surface area contributed by atoms with E-state index in [4.69, 9.17) is 18.8 Å². The van der Waals surface area contributed by atoms with Crippen LogP contribution >= 0.6 is 0 Å². The average Bonchev–Trinajstić information content (AvgIpc) is 3.63. The van der Waals surface area contributed by atoms with Gasteiger partial charge in [0.25, 0.3) is 0 Å². The average molecular weight is 1050 g/mol. The Balaban J connectivity index is 0.000000224. The van der Waals surface area contributed by atoms with Gasteiger partial charge in [-0.2, -0.15) is 0 Å². The van der Waals surface area contributed by atoms with E-state index in [9.17, 15) is 19.4 Å². The van der Waals surface area contributed by atoms with Gasteiger partial charge in [-0.15, -0.1) is 0 Å². The highest BCUT2D eigenvalue weighted by atomic mass is 19.1. The maximum atomic E-state index is 14.8. The first-order valence-corrected chi connectivity index (χ1v) is 28.2. The van der Waals surface area contributed by atoms with Gasteiger partial charge in [0.2, 0.25) is 0 Å². The van der Waals surface area contributed by atoms with Crippen LogP contribution in [0.2, 0.25) is 0 Å². The topological polar surface area (TPSA) is 104 Å².